The van der Waals surface area contributed by atoms with Gasteiger partial charge in [0.15, 0.2) is 5.58 Å². The van der Waals surface area contributed by atoms with E-state index in [2.05, 4.69) is 53.1 Å². The highest BCUT2D eigenvalue weighted by molar-refractivity contribution is 9.10. The van der Waals surface area contributed by atoms with Crippen molar-refractivity contribution in [2.45, 2.75) is 12.8 Å². The number of allylic oxidation sites excluding steroid dienone is 1. The second-order valence-corrected chi connectivity index (χ2v) is 7.97. The Morgan fingerprint density at radius 2 is 2.04 bits per heavy atom. The molecule has 25 heavy (non-hydrogen) atoms. The van der Waals surface area contributed by atoms with Crippen LogP contribution >= 0.6 is 27.5 Å². The van der Waals surface area contributed by atoms with Crippen molar-refractivity contribution in [1.82, 2.24) is 9.88 Å². The van der Waals surface area contributed by atoms with Crippen molar-refractivity contribution >= 4 is 49.8 Å². The first-order valence-corrected chi connectivity index (χ1v) is 9.40. The molecule has 0 saturated carbocycles. The minimum absolute atomic E-state index is 0.663. The Bertz CT molecular complexity index is 991. The first-order chi connectivity index (χ1) is 12.0. The molecule has 0 spiro atoms. The van der Waals surface area contributed by atoms with Crippen LogP contribution < -0.4 is 0 Å². The van der Waals surface area contributed by atoms with Crippen molar-refractivity contribution < 1.29 is 4.42 Å². The Kier molecular flexibility index (Phi) is 4.44. The van der Waals surface area contributed by atoms with Gasteiger partial charge >= 0.3 is 0 Å². The van der Waals surface area contributed by atoms with Gasteiger partial charge in [-0.3, -0.25) is 0 Å². The first-order valence-electron chi connectivity index (χ1n) is 8.23. The van der Waals surface area contributed by atoms with Crippen LogP contribution in [0, 0.1) is 0 Å². The fraction of sp³-hybridized carbons (Fsp3) is 0.250. The van der Waals surface area contributed by atoms with E-state index in [4.69, 9.17) is 21.0 Å². The summed E-state index contributed by atoms with van der Waals surface area (Å²) in [5.74, 6) is 0.707. The lowest BCUT2D eigenvalue weighted by molar-refractivity contribution is 0.419. The lowest BCUT2D eigenvalue weighted by atomic mass is 10.0. The van der Waals surface area contributed by atoms with Crippen molar-refractivity contribution in [1.29, 1.82) is 0 Å². The van der Waals surface area contributed by atoms with Gasteiger partial charge < -0.3 is 9.32 Å². The molecule has 1 aromatic heterocycles. The molecule has 1 aliphatic rings. The van der Waals surface area contributed by atoms with Crippen LogP contribution in [-0.2, 0) is 6.42 Å². The van der Waals surface area contributed by atoms with Crippen molar-refractivity contribution in [2.24, 2.45) is 0 Å². The van der Waals surface area contributed by atoms with E-state index >= 15 is 0 Å². The highest BCUT2D eigenvalue weighted by atomic mass is 79.9. The van der Waals surface area contributed by atoms with E-state index in [1.165, 1.54) is 22.3 Å². The molecule has 0 unspecified atom stereocenters. The van der Waals surface area contributed by atoms with Crippen LogP contribution in [0.4, 0.5) is 0 Å². The molecule has 1 heterocycles. The molecule has 0 saturated heterocycles. The van der Waals surface area contributed by atoms with E-state index < -0.39 is 0 Å². The highest BCUT2D eigenvalue weighted by Crippen LogP contribution is 2.41. The molecule has 0 radical (unpaired) electrons. The molecule has 0 bridgehead atoms. The summed E-state index contributed by atoms with van der Waals surface area (Å²) < 4.78 is 7.15. The smallest absolute Gasteiger partial charge is 0.223 e. The van der Waals surface area contributed by atoms with Gasteiger partial charge in [0.1, 0.15) is 5.52 Å². The number of fused-ring (bicyclic) bond motifs is 2. The summed E-state index contributed by atoms with van der Waals surface area (Å²) in [5.41, 5.74) is 6.71. The van der Waals surface area contributed by atoms with Gasteiger partial charge in [0, 0.05) is 34.1 Å². The number of hydrogen-bond donors (Lipinski definition) is 0. The van der Waals surface area contributed by atoms with Gasteiger partial charge in [-0.05, 0) is 61.5 Å². The van der Waals surface area contributed by atoms with Crippen LogP contribution in [0.25, 0.3) is 22.2 Å². The van der Waals surface area contributed by atoms with Crippen LogP contribution in [-0.4, -0.2) is 30.5 Å². The summed E-state index contributed by atoms with van der Waals surface area (Å²) in [5, 5.41) is 0.663. The van der Waals surface area contributed by atoms with Gasteiger partial charge in [-0.2, -0.15) is 0 Å². The van der Waals surface area contributed by atoms with E-state index in [-0.39, 0.29) is 0 Å². The van der Waals surface area contributed by atoms with Gasteiger partial charge in [0.2, 0.25) is 5.89 Å². The number of benzene rings is 2. The summed E-state index contributed by atoms with van der Waals surface area (Å²) >= 11 is 9.66. The van der Waals surface area contributed by atoms with Crippen molar-refractivity contribution in [3.05, 3.63) is 62.9 Å². The van der Waals surface area contributed by atoms with Crippen molar-refractivity contribution in [3.8, 4) is 0 Å². The summed E-state index contributed by atoms with van der Waals surface area (Å²) in [7, 11) is 4.19. The predicted octanol–water partition coefficient (Wildman–Crippen LogP) is 5.66. The molecule has 3 nitrogen and oxygen atoms in total. The summed E-state index contributed by atoms with van der Waals surface area (Å²) in [6.45, 7) is 0.987. The molecule has 0 atom stereocenters. The van der Waals surface area contributed by atoms with Crippen molar-refractivity contribution in [3.63, 3.8) is 0 Å². The lowest BCUT2D eigenvalue weighted by Crippen LogP contribution is -2.13. The van der Waals surface area contributed by atoms with Crippen molar-refractivity contribution in [2.75, 3.05) is 20.6 Å². The number of oxazole rings is 1. The molecule has 4 rings (SSSR count). The maximum atomic E-state index is 6.08. The molecular formula is C20H18BrClN2O. The molecule has 3 aromatic rings. The third-order valence-electron chi connectivity index (χ3n) is 4.54. The monoisotopic (exact) mass is 416 g/mol. The van der Waals surface area contributed by atoms with E-state index in [0.29, 0.717) is 10.9 Å². The summed E-state index contributed by atoms with van der Waals surface area (Å²) in [6.07, 6.45) is 1.81. The standard InChI is InChI=1S/C20H18BrClN2O/c1-24(2)8-7-16-15-5-3-13(21)9-12(15)10-17(16)20-23-18-6-4-14(22)11-19(18)25-20/h3-6,9,11H,7-8,10H2,1-2H3. The first kappa shape index (κ1) is 16.8. The zero-order valence-corrected chi connectivity index (χ0v) is 16.5. The molecule has 128 valence electrons. The normalized spacial score (nSPS) is 14.0. The fourth-order valence-corrected chi connectivity index (χ4v) is 3.89. The second-order valence-electron chi connectivity index (χ2n) is 6.62. The van der Waals surface area contributed by atoms with E-state index in [0.717, 1.165) is 35.0 Å². The maximum Gasteiger partial charge on any atom is 0.223 e. The van der Waals surface area contributed by atoms with Gasteiger partial charge in [0.25, 0.3) is 0 Å². The molecule has 2 aromatic carbocycles. The Hall–Kier alpha value is -1.62. The predicted molar refractivity (Wildman–Crippen MR) is 107 cm³/mol. The molecule has 5 heteroatoms. The largest absolute Gasteiger partial charge is 0.436 e. The lowest BCUT2D eigenvalue weighted by Gasteiger charge is -2.12. The van der Waals surface area contributed by atoms with Gasteiger partial charge in [0.05, 0.1) is 0 Å². The van der Waals surface area contributed by atoms with Crippen LogP contribution in [0.1, 0.15) is 23.4 Å². The van der Waals surface area contributed by atoms with E-state index in [1.54, 1.807) is 0 Å². The molecule has 0 fully saturated rings. The third kappa shape index (κ3) is 3.26. The average Bonchev–Trinajstić information content (AvgIpc) is 3.12. The number of aromatic nitrogens is 1. The van der Waals surface area contributed by atoms with E-state index in [1.807, 2.05) is 18.2 Å². The SMILES string of the molecule is CN(C)CCC1=C(c2nc3ccc(Cl)cc3o2)Cc2cc(Br)ccc21. The Morgan fingerprint density at radius 3 is 2.84 bits per heavy atom. The van der Waals surface area contributed by atoms with Crippen LogP contribution in [0.3, 0.4) is 0 Å². The average molecular weight is 418 g/mol. The molecule has 0 amide bonds. The minimum Gasteiger partial charge on any atom is -0.436 e. The van der Waals surface area contributed by atoms with Crippen LogP contribution in [0.15, 0.2) is 45.3 Å². The van der Waals surface area contributed by atoms with Crippen LogP contribution in [0.2, 0.25) is 5.02 Å². The molecular weight excluding hydrogens is 400 g/mol. The molecule has 0 aliphatic heterocycles. The summed E-state index contributed by atoms with van der Waals surface area (Å²) in [4.78, 5) is 6.91. The number of rotatable bonds is 4. The maximum absolute atomic E-state index is 6.08. The second kappa shape index (κ2) is 6.60. The topological polar surface area (TPSA) is 29.3 Å². The Balaban J connectivity index is 1.81. The summed E-state index contributed by atoms with van der Waals surface area (Å²) in [6, 6.07) is 12.1. The molecule has 0 N–H and O–H groups in total. The van der Waals surface area contributed by atoms with E-state index in [9.17, 15) is 0 Å². The fourth-order valence-electron chi connectivity index (χ4n) is 3.32. The van der Waals surface area contributed by atoms with Crippen LogP contribution in [0.5, 0.6) is 0 Å². The number of halogens is 2. The number of nitrogens with zero attached hydrogens (tertiary/aromatic N) is 2. The zero-order valence-electron chi connectivity index (χ0n) is 14.1. The number of hydrogen-bond acceptors (Lipinski definition) is 3. The minimum atomic E-state index is 0.663. The Labute approximate surface area is 160 Å². The molecule has 1 aliphatic carbocycles. The van der Waals surface area contributed by atoms with Gasteiger partial charge in [-0.1, -0.05) is 33.6 Å². The Morgan fingerprint density at radius 1 is 1.20 bits per heavy atom. The third-order valence-corrected chi connectivity index (χ3v) is 5.27. The quantitative estimate of drug-likeness (QED) is 0.548. The van der Waals surface area contributed by atoms with Gasteiger partial charge in [-0.15, -0.1) is 0 Å². The van der Waals surface area contributed by atoms with Gasteiger partial charge in [-0.25, -0.2) is 4.98 Å². The highest BCUT2D eigenvalue weighted by Gasteiger charge is 2.26. The zero-order chi connectivity index (χ0) is 17.6.